The van der Waals surface area contributed by atoms with Crippen molar-refractivity contribution in [1.82, 2.24) is 20.3 Å². The number of nitrogens with zero attached hydrogens (tertiary/aromatic N) is 1. The molecule has 1 fully saturated rings. The van der Waals surface area contributed by atoms with Gasteiger partial charge in [0.1, 0.15) is 17.1 Å². The second-order valence-electron chi connectivity index (χ2n) is 5.11. The molecule has 8 nitrogen and oxygen atoms in total. The molecule has 7 N–H and O–H groups in total. The maximum Gasteiger partial charge on any atom is 0.276 e. The molecule has 114 valence electrons. The molecule has 1 aliphatic rings. The number of nitrogen functional groups attached to an aromatic ring is 1. The third-order valence-corrected chi connectivity index (χ3v) is 4.45. The Bertz CT molecular complexity index is 714. The van der Waals surface area contributed by atoms with Crippen LogP contribution >= 0.6 is 11.8 Å². The van der Waals surface area contributed by atoms with E-state index in [1.807, 2.05) is 6.26 Å². The van der Waals surface area contributed by atoms with Crippen molar-refractivity contribution >= 4 is 28.7 Å². The molecular weight excluding hydrogens is 294 g/mol. The highest BCUT2D eigenvalue weighted by molar-refractivity contribution is 7.98. The molecule has 3 rings (SSSR count). The number of aromatic nitrogens is 3. The van der Waals surface area contributed by atoms with Gasteiger partial charge in [0.05, 0.1) is 12.1 Å². The summed E-state index contributed by atoms with van der Waals surface area (Å²) in [5.74, 6) is 0.690. The number of aliphatic hydroxyl groups excluding tert-OH is 2. The van der Waals surface area contributed by atoms with E-state index in [-0.39, 0.29) is 17.5 Å². The van der Waals surface area contributed by atoms with Gasteiger partial charge < -0.3 is 26.2 Å². The highest BCUT2D eigenvalue weighted by Crippen LogP contribution is 2.31. The number of H-pyrrole nitrogens is 2. The standard InChI is InChI=1S/C12H17N5O3S/c1-21-3-5-9(18)10(19)7(15-5)4-2-14-8-6(4)16-12(13)17-11(8)20/h2,5,7,9-10,14-15,18-19H,3H2,1H3,(H3,13,16,17,20)/t5-,7+,9+,10-/m1/s1. The average molecular weight is 311 g/mol. The first-order valence-electron chi connectivity index (χ1n) is 6.50. The lowest BCUT2D eigenvalue weighted by Gasteiger charge is -2.14. The summed E-state index contributed by atoms with van der Waals surface area (Å²) in [4.78, 5) is 21.2. The van der Waals surface area contributed by atoms with Crippen LogP contribution in [0.25, 0.3) is 11.0 Å². The third-order valence-electron chi connectivity index (χ3n) is 3.76. The number of hydrogen-bond donors (Lipinski definition) is 6. The van der Waals surface area contributed by atoms with E-state index in [2.05, 4.69) is 20.3 Å². The highest BCUT2D eigenvalue weighted by atomic mass is 32.2. The first-order chi connectivity index (χ1) is 10.0. The molecule has 9 heteroatoms. The molecule has 0 bridgehead atoms. The van der Waals surface area contributed by atoms with Crippen LogP contribution in [-0.2, 0) is 0 Å². The van der Waals surface area contributed by atoms with Crippen LogP contribution < -0.4 is 16.6 Å². The van der Waals surface area contributed by atoms with Crippen molar-refractivity contribution in [2.24, 2.45) is 0 Å². The normalized spacial score (nSPS) is 29.3. The maximum absolute atomic E-state index is 11.8. The predicted molar refractivity (Wildman–Crippen MR) is 81.2 cm³/mol. The smallest absolute Gasteiger partial charge is 0.276 e. The number of rotatable bonds is 3. The zero-order chi connectivity index (χ0) is 15.1. The molecule has 1 aliphatic heterocycles. The van der Waals surface area contributed by atoms with Crippen molar-refractivity contribution in [2.45, 2.75) is 24.3 Å². The Hall–Kier alpha value is -1.55. The summed E-state index contributed by atoms with van der Waals surface area (Å²) in [5.41, 5.74) is 6.54. The summed E-state index contributed by atoms with van der Waals surface area (Å²) in [6.45, 7) is 0. The molecule has 0 unspecified atom stereocenters. The molecule has 0 radical (unpaired) electrons. The van der Waals surface area contributed by atoms with Gasteiger partial charge in [-0.1, -0.05) is 0 Å². The molecule has 2 aromatic rings. The quantitative estimate of drug-likeness (QED) is 0.424. The van der Waals surface area contributed by atoms with Crippen molar-refractivity contribution < 1.29 is 10.2 Å². The van der Waals surface area contributed by atoms with E-state index in [9.17, 15) is 15.0 Å². The van der Waals surface area contributed by atoms with E-state index in [1.165, 1.54) is 0 Å². The van der Waals surface area contributed by atoms with Crippen molar-refractivity contribution in [3.05, 3.63) is 22.1 Å². The van der Waals surface area contributed by atoms with Gasteiger partial charge >= 0.3 is 0 Å². The first kappa shape index (κ1) is 14.4. The first-order valence-corrected chi connectivity index (χ1v) is 7.90. The number of aromatic amines is 2. The van der Waals surface area contributed by atoms with Gasteiger partial charge in [-0.3, -0.25) is 9.78 Å². The highest BCUT2D eigenvalue weighted by Gasteiger charge is 2.42. The largest absolute Gasteiger partial charge is 0.389 e. The molecular formula is C12H17N5O3S. The monoisotopic (exact) mass is 311 g/mol. The van der Waals surface area contributed by atoms with Crippen LogP contribution in [0.1, 0.15) is 11.6 Å². The summed E-state index contributed by atoms with van der Waals surface area (Å²) in [6.07, 6.45) is 1.71. The van der Waals surface area contributed by atoms with Gasteiger partial charge in [0.2, 0.25) is 5.95 Å². The molecule has 4 atom stereocenters. The number of hydrogen-bond acceptors (Lipinski definition) is 7. The predicted octanol–water partition coefficient (Wildman–Crippen LogP) is -1.07. The van der Waals surface area contributed by atoms with E-state index in [0.29, 0.717) is 22.3 Å². The Balaban J connectivity index is 2.03. The summed E-state index contributed by atoms with van der Waals surface area (Å²) >= 11 is 1.58. The minimum Gasteiger partial charge on any atom is -0.389 e. The van der Waals surface area contributed by atoms with Gasteiger partial charge in [-0.05, 0) is 6.26 Å². The lowest BCUT2D eigenvalue weighted by atomic mass is 10.0. The summed E-state index contributed by atoms with van der Waals surface area (Å²) in [5, 5.41) is 23.5. The number of fused-ring (bicyclic) bond motifs is 1. The Morgan fingerprint density at radius 3 is 2.90 bits per heavy atom. The number of aliphatic hydroxyl groups is 2. The van der Waals surface area contributed by atoms with Crippen LogP contribution in [-0.4, -0.2) is 55.4 Å². The Labute approximate surface area is 124 Å². The lowest BCUT2D eigenvalue weighted by Crippen LogP contribution is -2.34. The maximum atomic E-state index is 11.8. The molecule has 3 heterocycles. The molecule has 21 heavy (non-hydrogen) atoms. The zero-order valence-electron chi connectivity index (χ0n) is 11.3. The topological polar surface area (TPSA) is 140 Å². The summed E-state index contributed by atoms with van der Waals surface area (Å²) < 4.78 is 0. The molecule has 0 saturated carbocycles. The van der Waals surface area contributed by atoms with Gasteiger partial charge in [0, 0.05) is 23.6 Å². The van der Waals surface area contributed by atoms with Crippen molar-refractivity contribution in [2.75, 3.05) is 17.7 Å². The van der Waals surface area contributed by atoms with Crippen LogP contribution in [0.2, 0.25) is 0 Å². The third kappa shape index (κ3) is 2.31. The van der Waals surface area contributed by atoms with Gasteiger partial charge in [-0.25, -0.2) is 4.98 Å². The molecule has 0 aliphatic carbocycles. The number of nitrogens with two attached hydrogens (primary N) is 1. The van der Waals surface area contributed by atoms with E-state index in [1.54, 1.807) is 18.0 Å². The second kappa shape index (κ2) is 5.34. The summed E-state index contributed by atoms with van der Waals surface area (Å²) in [6, 6.07) is -0.719. The van der Waals surface area contributed by atoms with Gasteiger partial charge in [0.25, 0.3) is 5.56 Å². The van der Waals surface area contributed by atoms with Gasteiger partial charge in [0.15, 0.2) is 0 Å². The molecule has 2 aromatic heterocycles. The Kier molecular flexibility index (Phi) is 3.66. The zero-order valence-corrected chi connectivity index (χ0v) is 12.1. The number of nitrogens with one attached hydrogen (secondary N) is 3. The fourth-order valence-electron chi connectivity index (χ4n) is 2.75. The SMILES string of the molecule is CSC[C@H]1N[C@@H](c2c[nH]c3c(=O)[nH]c(N)nc23)[C@@H](O)[C@H]1O. The Morgan fingerprint density at radius 1 is 1.43 bits per heavy atom. The fraction of sp³-hybridized carbons (Fsp3) is 0.500. The lowest BCUT2D eigenvalue weighted by molar-refractivity contribution is 0.0308. The molecule has 0 aromatic carbocycles. The van der Waals surface area contributed by atoms with E-state index in [4.69, 9.17) is 5.73 Å². The van der Waals surface area contributed by atoms with Crippen LogP contribution in [0.3, 0.4) is 0 Å². The van der Waals surface area contributed by atoms with Crippen molar-refractivity contribution in [3.63, 3.8) is 0 Å². The summed E-state index contributed by atoms with van der Waals surface area (Å²) in [7, 11) is 0. The van der Waals surface area contributed by atoms with Crippen LogP contribution in [0.15, 0.2) is 11.0 Å². The van der Waals surface area contributed by atoms with Crippen LogP contribution in [0, 0.1) is 0 Å². The second-order valence-corrected chi connectivity index (χ2v) is 6.02. The molecule has 0 spiro atoms. The van der Waals surface area contributed by atoms with Crippen molar-refractivity contribution in [3.8, 4) is 0 Å². The molecule has 1 saturated heterocycles. The van der Waals surface area contributed by atoms with Gasteiger partial charge in [-0.15, -0.1) is 0 Å². The van der Waals surface area contributed by atoms with Crippen LogP contribution in [0.5, 0.6) is 0 Å². The van der Waals surface area contributed by atoms with E-state index in [0.717, 1.165) is 0 Å². The molecule has 0 amide bonds. The number of thioether (sulfide) groups is 1. The van der Waals surface area contributed by atoms with E-state index >= 15 is 0 Å². The minimum absolute atomic E-state index is 0.0158. The number of anilines is 1. The van der Waals surface area contributed by atoms with Crippen molar-refractivity contribution in [1.29, 1.82) is 0 Å². The van der Waals surface area contributed by atoms with Crippen LogP contribution in [0.4, 0.5) is 5.95 Å². The minimum atomic E-state index is -0.969. The average Bonchev–Trinajstić information content (AvgIpc) is 2.96. The fourth-order valence-corrected chi connectivity index (χ4v) is 3.40. The van der Waals surface area contributed by atoms with E-state index < -0.39 is 18.2 Å². The van der Waals surface area contributed by atoms with Gasteiger partial charge in [-0.2, -0.15) is 11.8 Å². The Morgan fingerprint density at radius 2 is 2.19 bits per heavy atom.